The van der Waals surface area contributed by atoms with E-state index >= 15 is 0 Å². The van der Waals surface area contributed by atoms with Crippen LogP contribution in [0.25, 0.3) is 11.3 Å². The number of hydrazone groups is 1. The summed E-state index contributed by atoms with van der Waals surface area (Å²) in [5.74, 6) is 1.07. The molecule has 0 saturated heterocycles. The van der Waals surface area contributed by atoms with Gasteiger partial charge in [-0.15, -0.1) is 11.3 Å². The monoisotopic (exact) mass is 528 g/mol. The number of thiazole rings is 1. The highest BCUT2D eigenvalue weighted by Gasteiger charge is 2.09. The minimum Gasteiger partial charge on any atom is -0.490 e. The van der Waals surface area contributed by atoms with Crippen molar-refractivity contribution in [3.63, 3.8) is 0 Å². The Morgan fingerprint density at radius 2 is 1.79 bits per heavy atom. The van der Waals surface area contributed by atoms with Crippen molar-refractivity contribution in [1.82, 2.24) is 10.4 Å². The molecule has 8 heteroatoms. The highest BCUT2D eigenvalue weighted by atomic mass is 32.1. The van der Waals surface area contributed by atoms with E-state index in [4.69, 9.17) is 9.47 Å². The van der Waals surface area contributed by atoms with Gasteiger partial charge in [0.25, 0.3) is 5.91 Å². The molecule has 0 aliphatic rings. The predicted octanol–water partition coefficient (Wildman–Crippen LogP) is 7.20. The summed E-state index contributed by atoms with van der Waals surface area (Å²) in [6.45, 7) is 7.29. The van der Waals surface area contributed by atoms with E-state index in [-0.39, 0.29) is 5.91 Å². The molecule has 196 valence electrons. The highest BCUT2D eigenvalue weighted by Crippen LogP contribution is 2.29. The largest absolute Gasteiger partial charge is 0.490 e. The third-order valence-electron chi connectivity index (χ3n) is 5.65. The highest BCUT2D eigenvalue weighted by molar-refractivity contribution is 7.14. The van der Waals surface area contributed by atoms with Crippen LogP contribution in [0.1, 0.15) is 48.2 Å². The zero-order chi connectivity index (χ0) is 26.7. The minimum atomic E-state index is -0.294. The molecule has 4 aromatic rings. The molecule has 0 atom stereocenters. The first-order chi connectivity index (χ1) is 18.6. The van der Waals surface area contributed by atoms with Gasteiger partial charge >= 0.3 is 0 Å². The Balaban J connectivity index is 1.34. The molecule has 0 saturated carbocycles. The van der Waals surface area contributed by atoms with Crippen molar-refractivity contribution in [1.29, 1.82) is 0 Å². The van der Waals surface area contributed by atoms with Gasteiger partial charge in [-0.3, -0.25) is 4.79 Å². The number of aromatic nitrogens is 1. The number of aryl methyl sites for hydroxylation is 1. The van der Waals surface area contributed by atoms with Gasteiger partial charge in [-0.25, -0.2) is 10.4 Å². The maximum absolute atomic E-state index is 12.6. The lowest BCUT2D eigenvalue weighted by Crippen LogP contribution is -2.17. The van der Waals surface area contributed by atoms with Crippen LogP contribution in [0.3, 0.4) is 0 Å². The van der Waals surface area contributed by atoms with Gasteiger partial charge in [-0.05, 0) is 68.3 Å². The number of carbonyl (C=O) groups excluding carboxylic acids is 1. The molecule has 0 bridgehead atoms. The number of hydrogen-bond donors (Lipinski definition) is 2. The molecule has 0 fully saturated rings. The summed E-state index contributed by atoms with van der Waals surface area (Å²) in [6.07, 6.45) is 3.63. The maximum Gasteiger partial charge on any atom is 0.271 e. The van der Waals surface area contributed by atoms with Crippen LogP contribution in [0.5, 0.6) is 11.5 Å². The van der Waals surface area contributed by atoms with Crippen LogP contribution >= 0.6 is 11.3 Å². The van der Waals surface area contributed by atoms with E-state index in [1.54, 1.807) is 18.3 Å². The Bertz CT molecular complexity index is 1370. The number of rotatable bonds is 12. The molecule has 3 aromatic carbocycles. The van der Waals surface area contributed by atoms with Crippen molar-refractivity contribution in [2.24, 2.45) is 5.10 Å². The molecular formula is C30H32N4O3S. The summed E-state index contributed by atoms with van der Waals surface area (Å²) in [5, 5.41) is 10.2. The molecule has 1 heterocycles. The fourth-order valence-corrected chi connectivity index (χ4v) is 4.31. The molecule has 4 rings (SSSR count). The lowest BCUT2D eigenvalue weighted by molar-refractivity contribution is 0.0955. The van der Waals surface area contributed by atoms with Crippen molar-refractivity contribution in [2.45, 2.75) is 33.6 Å². The molecule has 0 radical (unpaired) electrons. The van der Waals surface area contributed by atoms with E-state index < -0.39 is 0 Å². The SMILES string of the molecule is CCCCOc1ccc(/C=N/NC(=O)c2ccc(-c3csc(Nc4ccc(C)cc4)n3)cc2)cc1OCC. The minimum absolute atomic E-state index is 0.294. The summed E-state index contributed by atoms with van der Waals surface area (Å²) in [6, 6.07) is 21.1. The van der Waals surface area contributed by atoms with E-state index in [9.17, 15) is 4.79 Å². The number of nitrogens with zero attached hydrogens (tertiary/aromatic N) is 2. The zero-order valence-corrected chi connectivity index (χ0v) is 22.7. The van der Waals surface area contributed by atoms with Gasteiger partial charge in [0.05, 0.1) is 25.1 Å². The van der Waals surface area contributed by atoms with Crippen molar-refractivity contribution in [3.8, 4) is 22.8 Å². The van der Waals surface area contributed by atoms with E-state index in [0.29, 0.717) is 30.3 Å². The second kappa shape index (κ2) is 13.4. The van der Waals surface area contributed by atoms with E-state index in [0.717, 1.165) is 40.5 Å². The van der Waals surface area contributed by atoms with Gasteiger partial charge in [-0.1, -0.05) is 43.2 Å². The van der Waals surface area contributed by atoms with Crippen LogP contribution < -0.4 is 20.2 Å². The quantitative estimate of drug-likeness (QED) is 0.115. The van der Waals surface area contributed by atoms with Gasteiger partial charge in [-0.2, -0.15) is 5.10 Å². The number of carbonyl (C=O) groups is 1. The van der Waals surface area contributed by atoms with Crippen LogP contribution in [0.15, 0.2) is 77.2 Å². The van der Waals surface area contributed by atoms with Crippen molar-refractivity contribution in [2.75, 3.05) is 18.5 Å². The van der Waals surface area contributed by atoms with E-state index in [1.165, 1.54) is 16.9 Å². The summed E-state index contributed by atoms with van der Waals surface area (Å²) in [7, 11) is 0. The number of unbranched alkanes of at least 4 members (excludes halogenated alkanes) is 1. The van der Waals surface area contributed by atoms with Gasteiger partial charge in [0.1, 0.15) is 0 Å². The third kappa shape index (κ3) is 7.43. The number of anilines is 2. The average molecular weight is 529 g/mol. The Labute approximate surface area is 227 Å². The van der Waals surface area contributed by atoms with Crippen LogP contribution in [0.4, 0.5) is 10.8 Å². The Hall–Kier alpha value is -4.17. The molecule has 38 heavy (non-hydrogen) atoms. The second-order valence-corrected chi connectivity index (χ2v) is 9.50. The summed E-state index contributed by atoms with van der Waals surface area (Å²) in [5.41, 5.74) is 7.88. The summed E-state index contributed by atoms with van der Waals surface area (Å²) in [4.78, 5) is 17.3. The van der Waals surface area contributed by atoms with Crippen LogP contribution in [-0.4, -0.2) is 30.3 Å². The molecule has 0 unspecified atom stereocenters. The normalized spacial score (nSPS) is 10.9. The van der Waals surface area contributed by atoms with Crippen molar-refractivity contribution in [3.05, 3.63) is 88.8 Å². The number of hydrogen-bond acceptors (Lipinski definition) is 7. The maximum atomic E-state index is 12.6. The fourth-order valence-electron chi connectivity index (χ4n) is 3.57. The van der Waals surface area contributed by atoms with Crippen LogP contribution in [-0.2, 0) is 0 Å². The number of ether oxygens (including phenoxy) is 2. The zero-order valence-electron chi connectivity index (χ0n) is 21.9. The number of benzene rings is 3. The first-order valence-electron chi connectivity index (χ1n) is 12.7. The Morgan fingerprint density at radius 3 is 2.53 bits per heavy atom. The first-order valence-corrected chi connectivity index (χ1v) is 13.6. The fraction of sp³-hybridized carbons (Fsp3) is 0.233. The van der Waals surface area contributed by atoms with Crippen molar-refractivity contribution >= 4 is 34.3 Å². The topological polar surface area (TPSA) is 84.8 Å². The smallest absolute Gasteiger partial charge is 0.271 e. The van der Waals surface area contributed by atoms with Gasteiger partial charge in [0.2, 0.25) is 0 Å². The lowest BCUT2D eigenvalue weighted by atomic mass is 10.1. The van der Waals surface area contributed by atoms with Gasteiger partial charge < -0.3 is 14.8 Å². The second-order valence-electron chi connectivity index (χ2n) is 8.65. The first kappa shape index (κ1) is 26.9. The number of nitrogens with one attached hydrogen (secondary N) is 2. The van der Waals surface area contributed by atoms with Gasteiger partial charge in [0, 0.05) is 22.2 Å². The lowest BCUT2D eigenvalue weighted by Gasteiger charge is -2.12. The average Bonchev–Trinajstić information content (AvgIpc) is 3.40. The Kier molecular flexibility index (Phi) is 9.48. The third-order valence-corrected chi connectivity index (χ3v) is 6.41. The Morgan fingerprint density at radius 1 is 1.00 bits per heavy atom. The molecule has 7 nitrogen and oxygen atoms in total. The standard InChI is InChI=1S/C30H32N4O3S/c1-4-6-17-37-27-16-9-22(18-28(27)36-5-2)19-31-34-29(35)24-12-10-23(11-13-24)26-20-38-30(33-26)32-25-14-7-21(3)8-15-25/h7-16,18-20H,4-6,17H2,1-3H3,(H,32,33)(H,34,35)/b31-19+. The van der Waals surface area contributed by atoms with Crippen LogP contribution in [0, 0.1) is 6.92 Å². The molecule has 1 aromatic heterocycles. The summed E-state index contributed by atoms with van der Waals surface area (Å²) < 4.78 is 11.5. The molecule has 2 N–H and O–H groups in total. The molecule has 0 aliphatic carbocycles. The van der Waals surface area contributed by atoms with Crippen molar-refractivity contribution < 1.29 is 14.3 Å². The van der Waals surface area contributed by atoms with E-state index in [1.807, 2.05) is 54.8 Å². The molecule has 0 spiro atoms. The van der Waals surface area contributed by atoms with Gasteiger partial charge in [0.15, 0.2) is 16.6 Å². The van der Waals surface area contributed by atoms with Crippen LogP contribution in [0.2, 0.25) is 0 Å². The molecule has 1 amide bonds. The predicted molar refractivity (Wildman–Crippen MR) is 155 cm³/mol. The summed E-state index contributed by atoms with van der Waals surface area (Å²) >= 11 is 1.53. The van der Waals surface area contributed by atoms with E-state index in [2.05, 4.69) is 46.8 Å². The number of amides is 1. The molecular weight excluding hydrogens is 496 g/mol. The molecule has 0 aliphatic heterocycles.